The van der Waals surface area contributed by atoms with Crippen LogP contribution in [0.1, 0.15) is 19.8 Å². The predicted octanol–water partition coefficient (Wildman–Crippen LogP) is 1.90. The monoisotopic (exact) mass is 189 g/mol. The second-order valence-electron chi connectivity index (χ2n) is 3.52. The Bertz CT molecular complexity index is 164. The minimum absolute atomic E-state index is 0.0202. The Morgan fingerprint density at radius 3 is 3.00 bits per heavy atom. The van der Waals surface area contributed by atoms with E-state index in [-0.39, 0.29) is 5.60 Å². The second kappa shape index (κ2) is 4.26. The van der Waals surface area contributed by atoms with Crippen LogP contribution in [0.5, 0.6) is 0 Å². The minimum atomic E-state index is 0.0202. The van der Waals surface area contributed by atoms with E-state index in [0.29, 0.717) is 11.6 Å². The summed E-state index contributed by atoms with van der Waals surface area (Å²) in [6, 6.07) is 0. The maximum atomic E-state index is 5.61. The van der Waals surface area contributed by atoms with E-state index in [9.17, 15) is 0 Å². The number of nitrogens with one attached hydrogen (secondary N) is 1. The van der Waals surface area contributed by atoms with Crippen LogP contribution in [0, 0.1) is 0 Å². The molecule has 0 aromatic carbocycles. The summed E-state index contributed by atoms with van der Waals surface area (Å²) in [7, 11) is 0. The van der Waals surface area contributed by atoms with Gasteiger partial charge in [-0.15, -0.1) is 0 Å². The van der Waals surface area contributed by atoms with E-state index in [4.69, 9.17) is 16.3 Å². The summed E-state index contributed by atoms with van der Waals surface area (Å²) >= 11 is 5.61. The van der Waals surface area contributed by atoms with Crippen molar-refractivity contribution in [3.8, 4) is 0 Å². The van der Waals surface area contributed by atoms with E-state index in [2.05, 4.69) is 18.8 Å². The van der Waals surface area contributed by atoms with Crippen LogP contribution < -0.4 is 5.32 Å². The molecule has 0 aliphatic carbocycles. The van der Waals surface area contributed by atoms with Gasteiger partial charge in [-0.1, -0.05) is 18.2 Å². The molecule has 1 aliphatic heterocycles. The molecule has 1 rings (SSSR count). The number of halogens is 1. The zero-order valence-corrected chi connectivity index (χ0v) is 8.28. The normalized spacial score (nSPS) is 29.2. The second-order valence-corrected chi connectivity index (χ2v) is 4.06. The lowest BCUT2D eigenvalue weighted by Crippen LogP contribution is -2.37. The van der Waals surface area contributed by atoms with Crippen molar-refractivity contribution in [3.63, 3.8) is 0 Å². The Morgan fingerprint density at radius 2 is 2.50 bits per heavy atom. The van der Waals surface area contributed by atoms with Crippen molar-refractivity contribution in [2.75, 3.05) is 19.7 Å². The van der Waals surface area contributed by atoms with Crippen LogP contribution >= 0.6 is 11.6 Å². The Hall–Kier alpha value is -0.0500. The standard InChI is InChI=1S/C9H16ClNO/c1-8(10)6-11-7-9(2)4-3-5-12-9/h11H,1,3-7H2,2H3. The van der Waals surface area contributed by atoms with Gasteiger partial charge in [-0.3, -0.25) is 0 Å². The largest absolute Gasteiger partial charge is 0.374 e. The topological polar surface area (TPSA) is 21.3 Å². The van der Waals surface area contributed by atoms with Gasteiger partial charge in [-0.25, -0.2) is 0 Å². The molecule has 1 fully saturated rings. The number of ether oxygens (including phenoxy) is 1. The average Bonchev–Trinajstić information content (AvgIpc) is 2.35. The van der Waals surface area contributed by atoms with E-state index < -0.39 is 0 Å². The van der Waals surface area contributed by atoms with Crippen molar-refractivity contribution >= 4 is 11.6 Å². The maximum Gasteiger partial charge on any atom is 0.0779 e. The molecule has 3 heteroatoms. The highest BCUT2D eigenvalue weighted by Crippen LogP contribution is 2.23. The Morgan fingerprint density at radius 1 is 1.75 bits per heavy atom. The summed E-state index contributed by atoms with van der Waals surface area (Å²) in [5.74, 6) is 0. The molecule has 0 aromatic heterocycles. The molecule has 1 N–H and O–H groups in total. The van der Waals surface area contributed by atoms with Crippen LogP contribution in [0.3, 0.4) is 0 Å². The molecule has 1 atom stereocenters. The van der Waals surface area contributed by atoms with E-state index in [1.165, 1.54) is 6.42 Å². The summed E-state index contributed by atoms with van der Waals surface area (Å²) in [6.07, 6.45) is 2.30. The lowest BCUT2D eigenvalue weighted by atomic mass is 10.0. The molecule has 0 spiro atoms. The first-order chi connectivity index (χ1) is 5.62. The first-order valence-electron chi connectivity index (χ1n) is 4.30. The van der Waals surface area contributed by atoms with Crippen LogP contribution in [-0.2, 0) is 4.74 Å². The molecule has 1 saturated heterocycles. The molecule has 0 bridgehead atoms. The third-order valence-corrected chi connectivity index (χ3v) is 2.25. The van der Waals surface area contributed by atoms with Crippen LogP contribution in [0.4, 0.5) is 0 Å². The highest BCUT2D eigenvalue weighted by Gasteiger charge is 2.28. The van der Waals surface area contributed by atoms with Gasteiger partial charge in [0.15, 0.2) is 0 Å². The fraction of sp³-hybridized carbons (Fsp3) is 0.778. The average molecular weight is 190 g/mol. The van der Waals surface area contributed by atoms with Gasteiger partial charge in [0.25, 0.3) is 0 Å². The van der Waals surface area contributed by atoms with Crippen LogP contribution in [0.15, 0.2) is 11.6 Å². The van der Waals surface area contributed by atoms with Gasteiger partial charge in [-0.05, 0) is 19.8 Å². The summed E-state index contributed by atoms with van der Waals surface area (Å²) in [4.78, 5) is 0. The molecule has 1 unspecified atom stereocenters. The molecular formula is C9H16ClNO. The maximum absolute atomic E-state index is 5.61. The van der Waals surface area contributed by atoms with Crippen LogP contribution in [-0.4, -0.2) is 25.3 Å². The van der Waals surface area contributed by atoms with Crippen molar-refractivity contribution in [2.24, 2.45) is 0 Å². The summed E-state index contributed by atoms with van der Waals surface area (Å²) < 4.78 is 5.59. The third-order valence-electron chi connectivity index (χ3n) is 2.12. The van der Waals surface area contributed by atoms with Gasteiger partial charge >= 0.3 is 0 Å². The van der Waals surface area contributed by atoms with Crippen LogP contribution in [0.2, 0.25) is 0 Å². The molecule has 0 saturated carbocycles. The summed E-state index contributed by atoms with van der Waals surface area (Å²) in [5.41, 5.74) is 0.0202. The van der Waals surface area contributed by atoms with Gasteiger partial charge in [0.2, 0.25) is 0 Å². The fourth-order valence-corrected chi connectivity index (χ4v) is 1.53. The third kappa shape index (κ3) is 3.13. The Kier molecular flexibility index (Phi) is 3.56. The number of hydrogen-bond donors (Lipinski definition) is 1. The van der Waals surface area contributed by atoms with Crippen molar-refractivity contribution < 1.29 is 4.74 Å². The first-order valence-corrected chi connectivity index (χ1v) is 4.68. The molecule has 12 heavy (non-hydrogen) atoms. The predicted molar refractivity (Wildman–Crippen MR) is 51.5 cm³/mol. The SMILES string of the molecule is C=C(Cl)CNCC1(C)CCCO1. The lowest BCUT2D eigenvalue weighted by molar-refractivity contribution is 0.0216. The first kappa shape index (κ1) is 10.0. The smallest absolute Gasteiger partial charge is 0.0779 e. The molecule has 0 aromatic rings. The molecule has 2 nitrogen and oxygen atoms in total. The van der Waals surface area contributed by atoms with Crippen molar-refractivity contribution in [1.82, 2.24) is 5.32 Å². The van der Waals surface area contributed by atoms with Crippen molar-refractivity contribution in [3.05, 3.63) is 11.6 Å². The van der Waals surface area contributed by atoms with E-state index in [1.807, 2.05) is 0 Å². The number of hydrogen-bond acceptors (Lipinski definition) is 2. The molecule has 0 amide bonds. The Labute approximate surface area is 78.9 Å². The van der Waals surface area contributed by atoms with Crippen molar-refractivity contribution in [1.29, 1.82) is 0 Å². The van der Waals surface area contributed by atoms with Gasteiger partial charge < -0.3 is 10.1 Å². The van der Waals surface area contributed by atoms with E-state index in [1.54, 1.807) is 0 Å². The fourth-order valence-electron chi connectivity index (χ4n) is 1.44. The molecule has 70 valence electrons. The molecular weight excluding hydrogens is 174 g/mol. The van der Waals surface area contributed by atoms with Gasteiger partial charge in [0.05, 0.1) is 5.60 Å². The highest BCUT2D eigenvalue weighted by molar-refractivity contribution is 6.29. The van der Waals surface area contributed by atoms with Crippen molar-refractivity contribution in [2.45, 2.75) is 25.4 Å². The highest BCUT2D eigenvalue weighted by atomic mass is 35.5. The zero-order valence-electron chi connectivity index (χ0n) is 7.53. The molecule has 1 aliphatic rings. The lowest BCUT2D eigenvalue weighted by Gasteiger charge is -2.23. The van der Waals surface area contributed by atoms with Gasteiger partial charge in [0.1, 0.15) is 0 Å². The number of rotatable bonds is 4. The zero-order chi connectivity index (χ0) is 9.03. The van der Waals surface area contributed by atoms with Crippen LogP contribution in [0.25, 0.3) is 0 Å². The van der Waals surface area contributed by atoms with Gasteiger partial charge in [-0.2, -0.15) is 0 Å². The summed E-state index contributed by atoms with van der Waals surface area (Å²) in [5, 5.41) is 3.86. The van der Waals surface area contributed by atoms with E-state index in [0.717, 1.165) is 19.6 Å². The van der Waals surface area contributed by atoms with Gasteiger partial charge in [0, 0.05) is 24.7 Å². The minimum Gasteiger partial charge on any atom is -0.374 e. The summed E-state index contributed by atoms with van der Waals surface area (Å²) in [6.45, 7) is 8.15. The molecule has 1 heterocycles. The van der Waals surface area contributed by atoms with E-state index >= 15 is 0 Å². The molecule has 0 radical (unpaired) electrons. The quantitative estimate of drug-likeness (QED) is 0.730. The Balaban J connectivity index is 2.17.